The molecule has 0 spiro atoms. The van der Waals surface area contributed by atoms with E-state index in [9.17, 15) is 14.7 Å². The number of aliphatic hydroxyl groups excluding tert-OH is 1. The number of ether oxygens (including phenoxy) is 1. The number of carboxylic acid groups (broad SMARTS) is 1. The Kier molecular flexibility index (Phi) is 4.95. The number of aromatic nitrogens is 1. The summed E-state index contributed by atoms with van der Waals surface area (Å²) in [5.74, 6) is -0.915. The van der Waals surface area contributed by atoms with Crippen molar-refractivity contribution in [3.63, 3.8) is 0 Å². The van der Waals surface area contributed by atoms with Crippen LogP contribution in [0, 0.1) is 0 Å². The first-order valence-electron chi connectivity index (χ1n) is 7.92. The van der Waals surface area contributed by atoms with Crippen molar-refractivity contribution >= 4 is 17.6 Å². The normalized spacial score (nSPS) is 16.2. The van der Waals surface area contributed by atoms with Gasteiger partial charge in [-0.05, 0) is 48.7 Å². The van der Waals surface area contributed by atoms with Crippen LogP contribution in [0.5, 0.6) is 5.75 Å². The molecule has 7 nitrogen and oxygen atoms in total. The molecule has 0 saturated carbocycles. The van der Waals surface area contributed by atoms with Crippen LogP contribution in [0.2, 0.25) is 0 Å². The van der Waals surface area contributed by atoms with Gasteiger partial charge in [0.15, 0.2) is 6.61 Å². The van der Waals surface area contributed by atoms with Gasteiger partial charge in [0, 0.05) is 18.0 Å². The molecular weight excluding hydrogens is 324 g/mol. The lowest BCUT2D eigenvalue weighted by Crippen LogP contribution is -2.45. The van der Waals surface area contributed by atoms with E-state index in [1.165, 1.54) is 0 Å². The van der Waals surface area contributed by atoms with Crippen LogP contribution in [0.25, 0.3) is 0 Å². The van der Waals surface area contributed by atoms with Crippen molar-refractivity contribution in [2.24, 2.45) is 0 Å². The number of amides is 1. The molecule has 2 N–H and O–H groups in total. The minimum absolute atomic E-state index is 0.118. The lowest BCUT2D eigenvalue weighted by Gasteiger charge is -2.36. The SMILES string of the molecule is O=C(O)COc1ccc(C(=O)N2c3ccncc3CCC2CO)cc1. The lowest BCUT2D eigenvalue weighted by atomic mass is 9.96. The maximum Gasteiger partial charge on any atom is 0.341 e. The number of carbonyl (C=O) groups excluding carboxylic acids is 1. The second kappa shape index (κ2) is 7.31. The standard InChI is InChI=1S/C18H18N2O5/c21-10-14-4-1-13-9-19-8-7-16(13)20(14)18(24)12-2-5-15(6-3-12)25-11-17(22)23/h2-3,5-9,14,21H,1,4,10-11H2,(H,22,23). The third-order valence-electron chi connectivity index (χ3n) is 4.14. The van der Waals surface area contributed by atoms with E-state index < -0.39 is 12.6 Å². The van der Waals surface area contributed by atoms with Crippen molar-refractivity contribution < 1.29 is 24.5 Å². The predicted octanol–water partition coefficient (Wildman–Crippen LogP) is 1.50. The molecule has 1 unspecified atom stereocenters. The Labute approximate surface area is 144 Å². The van der Waals surface area contributed by atoms with Gasteiger partial charge in [-0.25, -0.2) is 4.79 Å². The monoisotopic (exact) mass is 342 g/mol. The van der Waals surface area contributed by atoms with Gasteiger partial charge in [0.25, 0.3) is 5.91 Å². The molecule has 25 heavy (non-hydrogen) atoms. The van der Waals surface area contributed by atoms with Crippen molar-refractivity contribution in [3.8, 4) is 5.75 Å². The number of aryl methyl sites for hydroxylation is 1. The molecule has 2 aromatic rings. The smallest absolute Gasteiger partial charge is 0.341 e. The third kappa shape index (κ3) is 3.61. The highest BCUT2D eigenvalue weighted by atomic mass is 16.5. The van der Waals surface area contributed by atoms with E-state index in [4.69, 9.17) is 9.84 Å². The van der Waals surface area contributed by atoms with Crippen LogP contribution in [0.15, 0.2) is 42.7 Å². The fourth-order valence-electron chi connectivity index (χ4n) is 2.92. The van der Waals surface area contributed by atoms with Gasteiger partial charge >= 0.3 is 5.97 Å². The van der Waals surface area contributed by atoms with Gasteiger partial charge < -0.3 is 19.8 Å². The van der Waals surface area contributed by atoms with Crippen molar-refractivity contribution in [2.75, 3.05) is 18.1 Å². The fraction of sp³-hybridized carbons (Fsp3) is 0.278. The van der Waals surface area contributed by atoms with E-state index in [0.717, 1.165) is 17.7 Å². The number of aliphatic carboxylic acids is 1. The van der Waals surface area contributed by atoms with Gasteiger partial charge in [0.1, 0.15) is 5.75 Å². The van der Waals surface area contributed by atoms with Gasteiger partial charge in [-0.1, -0.05) is 0 Å². The summed E-state index contributed by atoms with van der Waals surface area (Å²) in [6.45, 7) is -0.556. The lowest BCUT2D eigenvalue weighted by molar-refractivity contribution is -0.139. The Balaban J connectivity index is 1.85. The first-order chi connectivity index (χ1) is 12.1. The number of carbonyl (C=O) groups is 2. The number of benzene rings is 1. The van der Waals surface area contributed by atoms with E-state index in [1.54, 1.807) is 47.6 Å². The molecule has 0 radical (unpaired) electrons. The summed E-state index contributed by atoms with van der Waals surface area (Å²) in [6, 6.07) is 7.78. The van der Waals surface area contributed by atoms with Gasteiger partial charge in [0.2, 0.25) is 0 Å². The molecule has 130 valence electrons. The summed E-state index contributed by atoms with van der Waals surface area (Å²) in [7, 11) is 0. The summed E-state index contributed by atoms with van der Waals surface area (Å²) in [6.07, 6.45) is 4.80. The Morgan fingerprint density at radius 1 is 1.24 bits per heavy atom. The molecule has 0 aliphatic carbocycles. The molecule has 0 bridgehead atoms. The molecule has 7 heteroatoms. The zero-order valence-corrected chi connectivity index (χ0v) is 13.5. The Morgan fingerprint density at radius 2 is 2.00 bits per heavy atom. The number of fused-ring (bicyclic) bond motifs is 1. The van der Waals surface area contributed by atoms with Crippen LogP contribution < -0.4 is 9.64 Å². The molecular formula is C18H18N2O5. The number of anilines is 1. The summed E-state index contributed by atoms with van der Waals surface area (Å²) in [4.78, 5) is 29.2. The van der Waals surface area contributed by atoms with E-state index in [1.807, 2.05) is 0 Å². The molecule has 0 fully saturated rings. The fourth-order valence-corrected chi connectivity index (χ4v) is 2.92. The highest BCUT2D eigenvalue weighted by Crippen LogP contribution is 2.31. The van der Waals surface area contributed by atoms with E-state index in [0.29, 0.717) is 17.7 Å². The zero-order valence-electron chi connectivity index (χ0n) is 13.5. The first-order valence-corrected chi connectivity index (χ1v) is 7.92. The van der Waals surface area contributed by atoms with Gasteiger partial charge in [0.05, 0.1) is 18.3 Å². The van der Waals surface area contributed by atoms with Crippen LogP contribution >= 0.6 is 0 Å². The topological polar surface area (TPSA) is 100.0 Å². The maximum absolute atomic E-state index is 13.0. The molecule has 1 aromatic heterocycles. The molecule has 0 saturated heterocycles. The Morgan fingerprint density at radius 3 is 2.68 bits per heavy atom. The molecule has 1 amide bonds. The predicted molar refractivity (Wildman–Crippen MR) is 89.8 cm³/mol. The highest BCUT2D eigenvalue weighted by molar-refractivity contribution is 6.07. The first kappa shape index (κ1) is 16.9. The summed E-state index contributed by atoms with van der Waals surface area (Å²) < 4.78 is 5.07. The van der Waals surface area contributed by atoms with E-state index >= 15 is 0 Å². The van der Waals surface area contributed by atoms with Crippen molar-refractivity contribution in [3.05, 3.63) is 53.9 Å². The van der Waals surface area contributed by atoms with Gasteiger partial charge in [-0.2, -0.15) is 0 Å². The second-order valence-electron chi connectivity index (χ2n) is 5.76. The van der Waals surface area contributed by atoms with E-state index in [-0.39, 0.29) is 18.6 Å². The molecule has 2 heterocycles. The molecule has 1 aliphatic heterocycles. The maximum atomic E-state index is 13.0. The number of aliphatic hydroxyl groups is 1. The number of pyridine rings is 1. The van der Waals surface area contributed by atoms with Crippen molar-refractivity contribution in [1.29, 1.82) is 0 Å². The number of rotatable bonds is 5. The third-order valence-corrected chi connectivity index (χ3v) is 4.14. The number of hydrogen-bond acceptors (Lipinski definition) is 5. The van der Waals surface area contributed by atoms with Crippen LogP contribution in [0.1, 0.15) is 22.3 Å². The minimum Gasteiger partial charge on any atom is -0.482 e. The molecule has 1 atom stereocenters. The number of hydrogen-bond donors (Lipinski definition) is 2. The Bertz CT molecular complexity index is 775. The summed E-state index contributed by atoms with van der Waals surface area (Å²) in [5.41, 5.74) is 2.17. The molecule has 1 aromatic carbocycles. The van der Waals surface area contributed by atoms with Crippen molar-refractivity contribution in [2.45, 2.75) is 18.9 Å². The van der Waals surface area contributed by atoms with Gasteiger partial charge in [-0.15, -0.1) is 0 Å². The average Bonchev–Trinajstić information content (AvgIpc) is 2.65. The zero-order chi connectivity index (χ0) is 17.8. The van der Waals surface area contributed by atoms with Gasteiger partial charge in [-0.3, -0.25) is 9.78 Å². The van der Waals surface area contributed by atoms with Crippen LogP contribution in [-0.4, -0.2) is 46.3 Å². The van der Waals surface area contributed by atoms with Crippen LogP contribution in [0.3, 0.4) is 0 Å². The quantitative estimate of drug-likeness (QED) is 0.854. The highest BCUT2D eigenvalue weighted by Gasteiger charge is 2.31. The number of nitrogens with zero attached hydrogens (tertiary/aromatic N) is 2. The second-order valence-corrected chi connectivity index (χ2v) is 5.76. The summed E-state index contributed by atoms with van der Waals surface area (Å²) >= 11 is 0. The largest absolute Gasteiger partial charge is 0.482 e. The Hall–Kier alpha value is -2.93. The van der Waals surface area contributed by atoms with Crippen molar-refractivity contribution in [1.82, 2.24) is 4.98 Å². The molecule has 1 aliphatic rings. The summed E-state index contributed by atoms with van der Waals surface area (Å²) in [5, 5.41) is 18.3. The average molecular weight is 342 g/mol. The molecule has 3 rings (SSSR count). The van der Waals surface area contributed by atoms with Crippen LogP contribution in [-0.2, 0) is 11.2 Å². The number of carboxylic acids is 1. The van der Waals surface area contributed by atoms with E-state index in [2.05, 4.69) is 4.98 Å². The van der Waals surface area contributed by atoms with Crippen LogP contribution in [0.4, 0.5) is 5.69 Å². The minimum atomic E-state index is -1.07.